The van der Waals surface area contributed by atoms with Crippen LogP contribution in [0, 0.1) is 5.82 Å². The molecule has 2 aromatic heterocycles. The Morgan fingerprint density at radius 2 is 2.11 bits per heavy atom. The zero-order chi connectivity index (χ0) is 24.3. The lowest BCUT2D eigenvalue weighted by Gasteiger charge is -2.32. The summed E-state index contributed by atoms with van der Waals surface area (Å²) in [6, 6.07) is 3.02. The Hall–Kier alpha value is -2.37. The van der Waals surface area contributed by atoms with E-state index < -0.39 is 18.2 Å². The molecule has 2 bridgehead atoms. The average Bonchev–Trinajstić information content (AvgIpc) is 3.57. The van der Waals surface area contributed by atoms with E-state index in [4.69, 9.17) is 25.8 Å². The van der Waals surface area contributed by atoms with Crippen molar-refractivity contribution in [2.24, 2.45) is 0 Å². The first-order chi connectivity index (χ1) is 16.9. The van der Waals surface area contributed by atoms with Crippen LogP contribution in [-0.4, -0.2) is 69.0 Å². The molecule has 0 aliphatic carbocycles. The second-order valence-corrected chi connectivity index (χ2v) is 10.1. The largest absolute Gasteiger partial charge is 0.386 e. The number of rotatable bonds is 5. The van der Waals surface area contributed by atoms with Gasteiger partial charge in [0.05, 0.1) is 47.8 Å². The van der Waals surface area contributed by atoms with Crippen LogP contribution in [0.2, 0.25) is 5.02 Å². The van der Waals surface area contributed by atoms with Gasteiger partial charge in [-0.1, -0.05) is 11.6 Å². The van der Waals surface area contributed by atoms with Gasteiger partial charge in [-0.25, -0.2) is 19.3 Å². The molecule has 3 aromatic rings. The number of fused-ring (bicyclic) bond motifs is 3. The average molecular weight is 504 g/mol. The van der Waals surface area contributed by atoms with Crippen molar-refractivity contribution >= 4 is 28.6 Å². The number of aromatic nitrogens is 4. The van der Waals surface area contributed by atoms with Crippen molar-refractivity contribution in [2.75, 3.05) is 25.1 Å². The number of nitrogens with one attached hydrogen (secondary N) is 1. The second kappa shape index (κ2) is 8.94. The molecule has 0 unspecified atom stereocenters. The minimum absolute atomic E-state index is 0.0796. The molecule has 9 nitrogen and oxygen atoms in total. The van der Waals surface area contributed by atoms with Crippen LogP contribution in [0.15, 0.2) is 18.3 Å². The molecule has 5 heterocycles. The minimum atomic E-state index is -0.858. The molecule has 1 aromatic carbocycles. The number of hydrogen-bond acceptors (Lipinski definition) is 8. The lowest BCUT2D eigenvalue weighted by molar-refractivity contribution is -0.156. The molecule has 0 spiro atoms. The summed E-state index contributed by atoms with van der Waals surface area (Å²) in [5.41, 5.74) is 1.94. The third-order valence-electron chi connectivity index (χ3n) is 6.90. The van der Waals surface area contributed by atoms with Crippen molar-refractivity contribution in [2.45, 2.75) is 63.2 Å². The van der Waals surface area contributed by atoms with Crippen LogP contribution >= 0.6 is 11.6 Å². The Morgan fingerprint density at radius 1 is 1.26 bits per heavy atom. The van der Waals surface area contributed by atoms with Crippen molar-refractivity contribution in [3.63, 3.8) is 0 Å². The van der Waals surface area contributed by atoms with E-state index in [1.807, 2.05) is 6.07 Å². The predicted octanol–water partition coefficient (Wildman–Crippen LogP) is 3.66. The number of nitrogens with zero attached hydrogens (tertiary/aromatic N) is 4. The molecule has 0 radical (unpaired) electrons. The molecule has 3 aliphatic heterocycles. The molecule has 5 atom stereocenters. The number of hydrogen-bond donors (Lipinski definition) is 2. The smallest absolute Gasteiger partial charge is 0.223 e. The van der Waals surface area contributed by atoms with Gasteiger partial charge in [-0.05, 0) is 38.8 Å². The number of aliphatic hydroxyl groups excluding tert-OH is 1. The van der Waals surface area contributed by atoms with Crippen molar-refractivity contribution in [1.82, 2.24) is 19.5 Å². The van der Waals surface area contributed by atoms with Gasteiger partial charge in [-0.2, -0.15) is 0 Å². The molecule has 3 aliphatic rings. The first-order valence-corrected chi connectivity index (χ1v) is 12.3. The number of ether oxygens (including phenoxy) is 3. The van der Waals surface area contributed by atoms with E-state index in [-0.39, 0.29) is 30.1 Å². The van der Waals surface area contributed by atoms with Crippen molar-refractivity contribution in [3.8, 4) is 11.3 Å². The van der Waals surface area contributed by atoms with Crippen molar-refractivity contribution in [3.05, 3.63) is 35.0 Å². The molecule has 3 fully saturated rings. The van der Waals surface area contributed by atoms with Gasteiger partial charge in [0.1, 0.15) is 17.4 Å². The SMILES string of the molecule is CC(C)n1c([C@@H]2CCOC2)nc2c(F)cc(-c3nc(N[C@@H]4C[C@H]5CO[C@H](O5)[C@H]4O)ncc3Cl)cc21. The van der Waals surface area contributed by atoms with Crippen LogP contribution in [0.3, 0.4) is 0 Å². The third kappa shape index (κ3) is 4.07. The van der Waals surface area contributed by atoms with Crippen LogP contribution < -0.4 is 5.32 Å². The van der Waals surface area contributed by atoms with Crippen LogP contribution in [0.1, 0.15) is 44.5 Å². The number of imidazole rings is 1. The molecule has 186 valence electrons. The third-order valence-corrected chi connectivity index (χ3v) is 7.18. The minimum Gasteiger partial charge on any atom is -0.386 e. The van der Waals surface area contributed by atoms with Crippen molar-refractivity contribution in [1.29, 1.82) is 0 Å². The highest BCUT2D eigenvalue weighted by Gasteiger charge is 2.43. The van der Waals surface area contributed by atoms with Gasteiger partial charge in [0.25, 0.3) is 0 Å². The molecular formula is C24H27ClFN5O4. The zero-order valence-corrected chi connectivity index (χ0v) is 20.2. The van der Waals surface area contributed by atoms with Gasteiger partial charge < -0.3 is 29.2 Å². The van der Waals surface area contributed by atoms with E-state index >= 15 is 4.39 Å². The monoisotopic (exact) mass is 503 g/mol. The highest BCUT2D eigenvalue weighted by atomic mass is 35.5. The normalized spacial score (nSPS) is 28.3. The fourth-order valence-electron chi connectivity index (χ4n) is 5.21. The summed E-state index contributed by atoms with van der Waals surface area (Å²) < 4.78 is 34.0. The fourth-order valence-corrected chi connectivity index (χ4v) is 5.41. The number of benzene rings is 1. The summed E-state index contributed by atoms with van der Waals surface area (Å²) in [5, 5.41) is 14.0. The molecule has 6 rings (SSSR count). The Labute approximate surface area is 206 Å². The second-order valence-electron chi connectivity index (χ2n) is 9.65. The van der Waals surface area contributed by atoms with Crippen LogP contribution in [-0.2, 0) is 14.2 Å². The summed E-state index contributed by atoms with van der Waals surface area (Å²) in [6.45, 7) is 5.83. The number of anilines is 1. The van der Waals surface area contributed by atoms with Crippen LogP contribution in [0.25, 0.3) is 22.3 Å². The summed E-state index contributed by atoms with van der Waals surface area (Å²) in [7, 11) is 0. The summed E-state index contributed by atoms with van der Waals surface area (Å²) >= 11 is 6.47. The Bertz CT molecular complexity index is 1260. The maximum absolute atomic E-state index is 15.4. The van der Waals surface area contributed by atoms with Crippen LogP contribution in [0.4, 0.5) is 10.3 Å². The quantitative estimate of drug-likeness (QED) is 0.543. The maximum Gasteiger partial charge on any atom is 0.223 e. The maximum atomic E-state index is 15.4. The number of aliphatic hydroxyl groups is 1. The Kier molecular flexibility index (Phi) is 5.89. The zero-order valence-electron chi connectivity index (χ0n) is 19.4. The fraction of sp³-hybridized carbons (Fsp3) is 0.542. The standard InChI is InChI=1S/C24H27ClFN5O4/c1-11(2)31-18-6-13(5-16(26)20(18)29-22(31)12-3-4-33-9-12)19-15(25)8-27-24(30-19)28-17-7-14-10-34-23(35-14)21(17)32/h5-6,8,11-12,14,17,21,23,32H,3-4,7,9-10H2,1-2H3,(H,27,28,30)/t12-,14+,17-,21+,23-/m1/s1. The van der Waals surface area contributed by atoms with Gasteiger partial charge in [-0.3, -0.25) is 0 Å². The Morgan fingerprint density at radius 3 is 2.89 bits per heavy atom. The van der Waals surface area contributed by atoms with Gasteiger partial charge in [0.15, 0.2) is 12.1 Å². The molecule has 3 saturated heterocycles. The van der Waals surface area contributed by atoms with Crippen LogP contribution in [0.5, 0.6) is 0 Å². The van der Waals surface area contributed by atoms with E-state index in [2.05, 4.69) is 38.7 Å². The highest BCUT2D eigenvalue weighted by Crippen LogP contribution is 2.36. The first kappa shape index (κ1) is 23.1. The molecule has 2 N–H and O–H groups in total. The van der Waals surface area contributed by atoms with E-state index in [0.29, 0.717) is 53.6 Å². The lowest BCUT2D eigenvalue weighted by Crippen LogP contribution is -2.48. The van der Waals surface area contributed by atoms with Gasteiger partial charge in [-0.15, -0.1) is 0 Å². The van der Waals surface area contributed by atoms with Gasteiger partial charge >= 0.3 is 0 Å². The van der Waals surface area contributed by atoms with E-state index in [1.165, 1.54) is 12.3 Å². The highest BCUT2D eigenvalue weighted by molar-refractivity contribution is 6.33. The summed E-state index contributed by atoms with van der Waals surface area (Å²) in [5.74, 6) is 0.826. The molecule has 0 saturated carbocycles. The topological polar surface area (TPSA) is 104 Å². The molecule has 0 amide bonds. The molecule has 11 heteroatoms. The van der Waals surface area contributed by atoms with E-state index in [1.54, 1.807) is 0 Å². The summed E-state index contributed by atoms with van der Waals surface area (Å²) in [4.78, 5) is 13.5. The van der Waals surface area contributed by atoms with E-state index in [0.717, 1.165) is 12.2 Å². The number of halogens is 2. The van der Waals surface area contributed by atoms with Gasteiger partial charge in [0.2, 0.25) is 5.95 Å². The summed E-state index contributed by atoms with van der Waals surface area (Å²) in [6.07, 6.45) is 1.30. The van der Waals surface area contributed by atoms with E-state index in [9.17, 15) is 5.11 Å². The van der Waals surface area contributed by atoms with Crippen molar-refractivity contribution < 1.29 is 23.7 Å². The Balaban J connectivity index is 1.38. The first-order valence-electron chi connectivity index (χ1n) is 11.9. The molecular weight excluding hydrogens is 477 g/mol. The lowest BCUT2D eigenvalue weighted by atomic mass is 10.0. The van der Waals surface area contributed by atoms with Gasteiger partial charge in [0, 0.05) is 24.1 Å². The molecule has 35 heavy (non-hydrogen) atoms. The predicted molar refractivity (Wildman–Crippen MR) is 127 cm³/mol.